The predicted octanol–water partition coefficient (Wildman–Crippen LogP) is 7.58. The summed E-state index contributed by atoms with van der Waals surface area (Å²) < 4.78 is 56.1. The number of hydrogen-bond donors (Lipinski definition) is 1. The van der Waals surface area contributed by atoms with E-state index in [1.807, 2.05) is 32.7 Å². The first kappa shape index (κ1) is 42.6. The summed E-state index contributed by atoms with van der Waals surface area (Å²) in [5.41, 5.74) is -1.69. The van der Waals surface area contributed by atoms with E-state index in [1.165, 1.54) is 6.07 Å². The summed E-state index contributed by atoms with van der Waals surface area (Å²) in [6.07, 6.45) is 0.669. The third-order valence-electron chi connectivity index (χ3n) is 9.87. The Morgan fingerprint density at radius 3 is 2.39 bits per heavy atom. The summed E-state index contributed by atoms with van der Waals surface area (Å²) in [5, 5.41) is 13.2. The molecule has 7 rings (SSSR count). The van der Waals surface area contributed by atoms with Crippen molar-refractivity contribution in [2.75, 3.05) is 56.7 Å². The van der Waals surface area contributed by atoms with Gasteiger partial charge in [0.05, 0.1) is 40.6 Å². The van der Waals surface area contributed by atoms with Crippen LogP contribution < -0.4 is 15.0 Å². The third-order valence-corrected chi connectivity index (χ3v) is 11.3. The maximum atomic E-state index is 17.4. The van der Waals surface area contributed by atoms with Crippen LogP contribution >= 0.6 is 22.9 Å². The minimum Gasteiger partial charge on any atom is -0.462 e. The molecule has 2 aromatic carbocycles. The molecular weight excluding hydrogens is 775 g/mol. The number of nitrogens with zero attached hydrogens (tertiary/aromatic N) is 6. The van der Waals surface area contributed by atoms with Gasteiger partial charge in [-0.1, -0.05) is 17.7 Å². The summed E-state index contributed by atoms with van der Waals surface area (Å²) in [6.45, 7) is 12.8. The molecule has 0 spiro atoms. The van der Waals surface area contributed by atoms with Crippen LogP contribution in [0.25, 0.3) is 32.1 Å². The molecule has 2 bridgehead atoms. The van der Waals surface area contributed by atoms with E-state index in [1.54, 1.807) is 31.7 Å². The van der Waals surface area contributed by atoms with Gasteiger partial charge in [-0.3, -0.25) is 5.32 Å². The number of piperazine rings is 1. The molecule has 3 saturated heterocycles. The molecule has 2 amide bonds. The molecule has 3 aliphatic heterocycles. The van der Waals surface area contributed by atoms with Crippen LogP contribution in [0.4, 0.5) is 29.2 Å². The molecule has 2 aromatic heterocycles. The normalized spacial score (nSPS) is 20.0. The standard InChI is InChI=1S/C39H44ClF2N7O6S.Li/c1-38(2,3)54-36(50)46-34-25(14-43)28-23(10-11-27(41)32(28)56-34)29-26(40)13-24-31(30(29)42)44-35(53-19-20-9-8-12-47(20)7)45-33(24)49-21-15-48(16-22(49)18-52-17-21)37(51)55-39(4,5)6;/h10-11,13,20-22H,8-9,12,15-19H2,1-7H3,(H,46,50);/t20-,21?,22?;/m0./s1. The van der Waals surface area contributed by atoms with Gasteiger partial charge in [0, 0.05) is 54.3 Å². The number of likely N-dealkylation sites (N-methyl/N-ethyl adjacent to an activating group) is 1. The van der Waals surface area contributed by atoms with Gasteiger partial charge in [-0.2, -0.15) is 15.2 Å². The number of carbonyl (C=O) groups excluding carboxylic acids is 2. The van der Waals surface area contributed by atoms with Crippen molar-refractivity contribution in [1.82, 2.24) is 19.8 Å². The molecule has 3 aliphatic rings. The predicted molar refractivity (Wildman–Crippen MR) is 215 cm³/mol. The molecule has 299 valence electrons. The van der Waals surface area contributed by atoms with E-state index in [9.17, 15) is 14.9 Å². The number of rotatable bonds is 6. The van der Waals surface area contributed by atoms with Crippen molar-refractivity contribution < 1.29 is 37.3 Å². The van der Waals surface area contributed by atoms with Crippen molar-refractivity contribution in [3.8, 4) is 23.2 Å². The average molecular weight is 819 g/mol. The van der Waals surface area contributed by atoms with E-state index in [2.05, 4.69) is 21.3 Å². The number of nitriles is 1. The van der Waals surface area contributed by atoms with Crippen molar-refractivity contribution >= 4 is 85.8 Å². The monoisotopic (exact) mass is 818 g/mol. The van der Waals surface area contributed by atoms with Crippen LogP contribution in [-0.2, 0) is 14.2 Å². The second-order valence-electron chi connectivity index (χ2n) is 16.3. The van der Waals surface area contributed by atoms with Crippen molar-refractivity contribution in [3.05, 3.63) is 40.4 Å². The topological polar surface area (TPSA) is 142 Å². The molecule has 0 saturated carbocycles. The maximum absolute atomic E-state index is 17.4. The van der Waals surface area contributed by atoms with Crippen molar-refractivity contribution in [1.29, 1.82) is 5.26 Å². The first-order valence-electron chi connectivity index (χ1n) is 18.4. The maximum Gasteiger partial charge on any atom is 0.412 e. The Labute approximate surface area is 350 Å². The molecule has 3 atom stereocenters. The van der Waals surface area contributed by atoms with Crippen molar-refractivity contribution in [3.63, 3.8) is 0 Å². The number of aromatic nitrogens is 2. The number of thiophene rings is 1. The van der Waals surface area contributed by atoms with Crippen LogP contribution in [0, 0.1) is 23.0 Å². The number of ether oxygens (including phenoxy) is 4. The summed E-state index contributed by atoms with van der Waals surface area (Å²) in [5.74, 6) is -1.14. The van der Waals surface area contributed by atoms with Crippen molar-refractivity contribution in [2.45, 2.75) is 83.7 Å². The molecule has 0 aliphatic carbocycles. The molecule has 5 heterocycles. The fraction of sp³-hybridized carbons (Fsp3) is 0.513. The molecule has 4 aromatic rings. The number of hydrogen-bond acceptors (Lipinski definition) is 12. The molecule has 3 fully saturated rings. The van der Waals surface area contributed by atoms with Crippen LogP contribution in [0.2, 0.25) is 5.02 Å². The van der Waals surface area contributed by atoms with Gasteiger partial charge in [-0.05, 0) is 85.7 Å². The summed E-state index contributed by atoms with van der Waals surface area (Å²) in [6, 6.07) is 5.45. The number of benzene rings is 2. The zero-order chi connectivity index (χ0) is 40.3. The van der Waals surface area contributed by atoms with E-state index in [-0.39, 0.29) is 118 Å². The Morgan fingerprint density at radius 2 is 1.77 bits per heavy atom. The van der Waals surface area contributed by atoms with Gasteiger partial charge in [-0.15, -0.1) is 11.3 Å². The number of halogens is 3. The van der Waals surface area contributed by atoms with Gasteiger partial charge in [0.2, 0.25) is 0 Å². The number of morpholine rings is 1. The fourth-order valence-corrected chi connectivity index (χ4v) is 8.85. The third kappa shape index (κ3) is 8.75. The number of likely N-dealkylation sites (tertiary alicyclic amines) is 1. The quantitative estimate of drug-likeness (QED) is 0.193. The van der Waals surface area contributed by atoms with E-state index in [0.717, 1.165) is 36.8 Å². The van der Waals surface area contributed by atoms with Gasteiger partial charge in [-0.25, -0.2) is 18.4 Å². The van der Waals surface area contributed by atoms with Crippen LogP contribution in [0.1, 0.15) is 59.9 Å². The summed E-state index contributed by atoms with van der Waals surface area (Å²) >= 11 is 7.83. The van der Waals surface area contributed by atoms with Gasteiger partial charge in [0.25, 0.3) is 0 Å². The Bertz CT molecular complexity index is 2250. The first-order valence-corrected chi connectivity index (χ1v) is 19.6. The van der Waals surface area contributed by atoms with E-state index >= 15 is 8.78 Å². The van der Waals surface area contributed by atoms with Crippen LogP contribution in [0.15, 0.2) is 18.2 Å². The van der Waals surface area contributed by atoms with E-state index in [4.69, 9.17) is 35.5 Å². The number of carbonyl (C=O) groups is 2. The van der Waals surface area contributed by atoms with E-state index < -0.39 is 35.0 Å². The Hall–Kier alpha value is -3.96. The van der Waals surface area contributed by atoms with Crippen LogP contribution in [0.3, 0.4) is 0 Å². The molecule has 1 N–H and O–H groups in total. The fourth-order valence-electron chi connectivity index (χ4n) is 7.48. The largest absolute Gasteiger partial charge is 0.462 e. The zero-order valence-corrected chi connectivity index (χ0v) is 34.9. The minimum absolute atomic E-state index is 0. The van der Waals surface area contributed by atoms with Gasteiger partial charge < -0.3 is 33.6 Å². The Morgan fingerprint density at radius 1 is 1.09 bits per heavy atom. The number of anilines is 2. The molecule has 18 heteroatoms. The minimum atomic E-state index is -0.836. The van der Waals surface area contributed by atoms with Crippen LogP contribution in [-0.4, -0.2) is 127 Å². The SMILES string of the molecule is CN1CCC[C@H]1COc1nc(N2C3COCC2CN(C(=O)OC(C)(C)C)C3)c2cc(Cl)c(-c3ccc(F)c4sc(NC(=O)OC(C)(C)C)c(C#N)c34)c(F)c2n1.[Li]. The molecule has 57 heavy (non-hydrogen) atoms. The second kappa shape index (κ2) is 16.4. The first-order chi connectivity index (χ1) is 26.4. The average Bonchev–Trinajstić information content (AvgIpc) is 3.68. The molecule has 2 unspecified atom stereocenters. The summed E-state index contributed by atoms with van der Waals surface area (Å²) in [4.78, 5) is 41.2. The number of nitrogens with one attached hydrogen (secondary N) is 1. The van der Waals surface area contributed by atoms with Crippen LogP contribution in [0.5, 0.6) is 6.01 Å². The zero-order valence-electron chi connectivity index (χ0n) is 33.3. The van der Waals surface area contributed by atoms with Gasteiger partial charge >= 0.3 is 18.2 Å². The smallest absolute Gasteiger partial charge is 0.412 e. The van der Waals surface area contributed by atoms with Crippen molar-refractivity contribution in [2.24, 2.45) is 0 Å². The van der Waals surface area contributed by atoms with Gasteiger partial charge in [0.15, 0.2) is 5.82 Å². The van der Waals surface area contributed by atoms with E-state index in [0.29, 0.717) is 11.2 Å². The van der Waals surface area contributed by atoms with Gasteiger partial charge in [0.1, 0.15) is 46.0 Å². The Kier molecular flexibility index (Phi) is 12.2. The second-order valence-corrected chi connectivity index (χ2v) is 17.8. The Balaban J connectivity index is 0.00000549. The molecular formula is C39H44ClF2LiN7O6S. The number of amides is 2. The molecule has 1 radical (unpaired) electrons. The number of fused-ring (bicyclic) bond motifs is 4. The molecule has 13 nitrogen and oxygen atoms in total. The summed E-state index contributed by atoms with van der Waals surface area (Å²) in [7, 11) is 2.02.